The normalized spacial score (nSPS) is 19.6. The molecule has 1 aromatic heterocycles. The van der Waals surface area contributed by atoms with Gasteiger partial charge in [-0.25, -0.2) is 0 Å². The topological polar surface area (TPSA) is 75.5 Å². The van der Waals surface area contributed by atoms with Gasteiger partial charge in [-0.15, -0.1) is 0 Å². The molecule has 0 saturated carbocycles. The lowest BCUT2D eigenvalue weighted by molar-refractivity contribution is -0.142. The molecule has 0 N–H and O–H groups in total. The van der Waals surface area contributed by atoms with Gasteiger partial charge in [0.2, 0.25) is 0 Å². The van der Waals surface area contributed by atoms with Gasteiger partial charge in [-0.2, -0.15) is 5.26 Å². The molecule has 174 valence electrons. The zero-order chi connectivity index (χ0) is 23.5. The number of pyridine rings is 1. The van der Waals surface area contributed by atoms with E-state index in [0.717, 1.165) is 46.2 Å². The molecule has 0 radical (unpaired) electrons. The fourth-order valence-electron chi connectivity index (χ4n) is 5.20. The van der Waals surface area contributed by atoms with Gasteiger partial charge in [-0.3, -0.25) is 9.78 Å². The van der Waals surface area contributed by atoms with E-state index < -0.39 is 5.41 Å². The van der Waals surface area contributed by atoms with Gasteiger partial charge in [0.15, 0.2) is 5.75 Å². The monoisotopic (exact) mass is 455 g/mol. The van der Waals surface area contributed by atoms with Crippen LogP contribution >= 0.6 is 0 Å². The van der Waals surface area contributed by atoms with Gasteiger partial charge in [-0.1, -0.05) is 36.4 Å². The molecule has 5 rings (SSSR count). The second-order valence-electron chi connectivity index (χ2n) is 9.31. The first-order valence-corrected chi connectivity index (χ1v) is 12.0. The van der Waals surface area contributed by atoms with Crippen molar-refractivity contribution in [3.8, 4) is 22.9 Å². The van der Waals surface area contributed by atoms with E-state index in [9.17, 15) is 10.1 Å². The zero-order valence-electron chi connectivity index (χ0n) is 19.5. The van der Waals surface area contributed by atoms with Crippen LogP contribution < -0.4 is 4.74 Å². The molecule has 2 aliphatic heterocycles. The number of carbonyl (C=O) groups is 1. The van der Waals surface area contributed by atoms with Gasteiger partial charge >= 0.3 is 0 Å². The number of amides is 1. The lowest BCUT2D eigenvalue weighted by Gasteiger charge is -2.38. The Balaban J connectivity index is 1.30. The lowest BCUT2D eigenvalue weighted by Crippen LogP contribution is -2.47. The van der Waals surface area contributed by atoms with Crippen molar-refractivity contribution in [2.45, 2.75) is 38.2 Å². The Morgan fingerprint density at radius 1 is 1.21 bits per heavy atom. The average Bonchev–Trinajstić information content (AvgIpc) is 3.44. The van der Waals surface area contributed by atoms with Crippen molar-refractivity contribution >= 4 is 16.8 Å². The first kappa shape index (κ1) is 22.4. The van der Waals surface area contributed by atoms with E-state index in [0.29, 0.717) is 39.0 Å². The van der Waals surface area contributed by atoms with E-state index in [2.05, 4.69) is 47.5 Å². The predicted octanol–water partition coefficient (Wildman–Crippen LogP) is 4.76. The molecular weight excluding hydrogens is 426 g/mol. The number of methoxy groups -OCH3 is 1. The number of likely N-dealkylation sites (tertiary alicyclic amines) is 1. The summed E-state index contributed by atoms with van der Waals surface area (Å²) in [6, 6.07) is 19.0. The number of hydrogen-bond acceptors (Lipinski definition) is 5. The lowest BCUT2D eigenvalue weighted by atomic mass is 9.75. The summed E-state index contributed by atoms with van der Waals surface area (Å²) in [6.07, 6.45) is 5.31. The quantitative estimate of drug-likeness (QED) is 0.554. The Bertz CT molecular complexity index is 1220. The second-order valence-corrected chi connectivity index (χ2v) is 9.31. The van der Waals surface area contributed by atoms with E-state index in [-0.39, 0.29) is 12.0 Å². The van der Waals surface area contributed by atoms with E-state index in [1.54, 1.807) is 13.3 Å². The average molecular weight is 456 g/mol. The molecule has 1 amide bonds. The summed E-state index contributed by atoms with van der Waals surface area (Å²) < 4.78 is 11.3. The van der Waals surface area contributed by atoms with Crippen LogP contribution in [-0.2, 0) is 16.0 Å². The highest BCUT2D eigenvalue weighted by Gasteiger charge is 2.38. The number of fused-ring (bicyclic) bond motifs is 1. The molecule has 34 heavy (non-hydrogen) atoms. The van der Waals surface area contributed by atoms with Crippen molar-refractivity contribution in [3.63, 3.8) is 0 Å². The summed E-state index contributed by atoms with van der Waals surface area (Å²) in [7, 11) is 1.67. The molecule has 1 atom stereocenters. The minimum atomic E-state index is -0.445. The van der Waals surface area contributed by atoms with Crippen LogP contribution in [0, 0.1) is 16.7 Å². The van der Waals surface area contributed by atoms with Crippen LogP contribution in [0.15, 0.2) is 54.7 Å². The second kappa shape index (κ2) is 9.44. The minimum absolute atomic E-state index is 0.0900. The molecule has 6 nitrogen and oxygen atoms in total. The standard InChI is InChI=1S/C28H29N3O3/c1-33-26-23(11-10-22-4-2-14-30-25(22)26)21-8-6-20(7-9-21)18-28(19-29)12-15-31(16-13-28)27(32)24-5-3-17-34-24/h2,4,6-11,14,24H,3,5,12-13,15-18H2,1H3/t24-/m1/s1. The largest absolute Gasteiger partial charge is 0.494 e. The number of carbonyl (C=O) groups excluding carboxylic acids is 1. The number of rotatable bonds is 5. The smallest absolute Gasteiger partial charge is 0.251 e. The summed E-state index contributed by atoms with van der Waals surface area (Å²) in [5.41, 5.74) is 3.58. The third-order valence-corrected chi connectivity index (χ3v) is 7.21. The van der Waals surface area contributed by atoms with Gasteiger partial charge in [0, 0.05) is 36.8 Å². The van der Waals surface area contributed by atoms with Crippen molar-refractivity contribution in [1.29, 1.82) is 5.26 Å². The van der Waals surface area contributed by atoms with Crippen LogP contribution in [0.5, 0.6) is 5.75 Å². The van der Waals surface area contributed by atoms with Crippen molar-refractivity contribution in [1.82, 2.24) is 9.88 Å². The Hall–Kier alpha value is -3.43. The maximum Gasteiger partial charge on any atom is 0.251 e. The molecule has 3 aromatic rings. The summed E-state index contributed by atoms with van der Waals surface area (Å²) in [6.45, 7) is 1.90. The van der Waals surface area contributed by atoms with Gasteiger partial charge in [0.25, 0.3) is 5.91 Å². The Morgan fingerprint density at radius 2 is 2.00 bits per heavy atom. The summed E-state index contributed by atoms with van der Waals surface area (Å²) in [4.78, 5) is 19.1. The molecule has 0 bridgehead atoms. The van der Waals surface area contributed by atoms with Gasteiger partial charge in [0.1, 0.15) is 11.6 Å². The minimum Gasteiger partial charge on any atom is -0.494 e. The number of aromatic nitrogens is 1. The van der Waals surface area contributed by atoms with Crippen LogP contribution in [0.4, 0.5) is 0 Å². The highest BCUT2D eigenvalue weighted by atomic mass is 16.5. The van der Waals surface area contributed by atoms with Crippen LogP contribution in [-0.4, -0.2) is 48.7 Å². The number of hydrogen-bond donors (Lipinski definition) is 0. The fourth-order valence-corrected chi connectivity index (χ4v) is 5.20. The van der Waals surface area contributed by atoms with E-state index in [4.69, 9.17) is 9.47 Å². The Kier molecular flexibility index (Phi) is 6.21. The van der Waals surface area contributed by atoms with Crippen molar-refractivity contribution < 1.29 is 14.3 Å². The molecule has 2 aromatic carbocycles. The third-order valence-electron chi connectivity index (χ3n) is 7.21. The van der Waals surface area contributed by atoms with Crippen LogP contribution in [0.2, 0.25) is 0 Å². The Morgan fingerprint density at radius 3 is 2.68 bits per heavy atom. The van der Waals surface area contributed by atoms with Crippen molar-refractivity contribution in [2.24, 2.45) is 5.41 Å². The third kappa shape index (κ3) is 4.24. The zero-order valence-corrected chi connectivity index (χ0v) is 19.5. The van der Waals surface area contributed by atoms with Crippen LogP contribution in [0.1, 0.15) is 31.2 Å². The van der Waals surface area contributed by atoms with Crippen LogP contribution in [0.25, 0.3) is 22.0 Å². The first-order chi connectivity index (χ1) is 16.6. The number of nitriles is 1. The fraction of sp³-hybridized carbons (Fsp3) is 0.393. The van der Waals surface area contributed by atoms with Gasteiger partial charge in [0.05, 0.1) is 18.6 Å². The highest BCUT2D eigenvalue weighted by Crippen LogP contribution is 2.38. The number of nitrogens with zero attached hydrogens (tertiary/aromatic N) is 3. The highest BCUT2D eigenvalue weighted by molar-refractivity contribution is 5.92. The predicted molar refractivity (Wildman–Crippen MR) is 130 cm³/mol. The molecule has 0 aliphatic carbocycles. The summed E-state index contributed by atoms with van der Waals surface area (Å²) >= 11 is 0. The molecule has 2 fully saturated rings. The van der Waals surface area contributed by atoms with E-state index >= 15 is 0 Å². The van der Waals surface area contributed by atoms with Crippen molar-refractivity contribution in [3.05, 3.63) is 60.3 Å². The maximum absolute atomic E-state index is 12.7. The number of piperidine rings is 1. The van der Waals surface area contributed by atoms with Crippen LogP contribution in [0.3, 0.4) is 0 Å². The van der Waals surface area contributed by atoms with Gasteiger partial charge < -0.3 is 14.4 Å². The summed E-state index contributed by atoms with van der Waals surface area (Å²) in [5.74, 6) is 0.856. The molecule has 2 saturated heterocycles. The molecule has 6 heteroatoms. The maximum atomic E-state index is 12.7. The SMILES string of the molecule is COc1c(-c2ccc(CC3(C#N)CCN(C(=O)[C@H]4CCCO4)CC3)cc2)ccc2cccnc12. The molecule has 3 heterocycles. The van der Waals surface area contributed by atoms with Gasteiger partial charge in [-0.05, 0) is 55.4 Å². The molecule has 0 spiro atoms. The number of benzene rings is 2. The van der Waals surface area contributed by atoms with Crippen molar-refractivity contribution in [2.75, 3.05) is 26.8 Å². The molecule has 0 unspecified atom stereocenters. The number of ether oxygens (including phenoxy) is 2. The molecule has 2 aliphatic rings. The Labute approximate surface area is 200 Å². The summed E-state index contributed by atoms with van der Waals surface area (Å²) in [5, 5.41) is 11.1. The first-order valence-electron chi connectivity index (χ1n) is 12.0. The van der Waals surface area contributed by atoms with E-state index in [1.165, 1.54) is 0 Å². The van der Waals surface area contributed by atoms with E-state index in [1.807, 2.05) is 17.0 Å². The molecular formula is C28H29N3O3.